The molecule has 2 aromatic carbocycles. The SMILES string of the molecule is COc1ccc(CNc2cc(NCCc3ccccc3F)nc(C)n2)cc1OC. The number of hydrogen-bond acceptors (Lipinski definition) is 6. The average Bonchev–Trinajstić information content (AvgIpc) is 2.73. The molecule has 0 fully saturated rings. The second kappa shape index (κ2) is 9.73. The van der Waals surface area contributed by atoms with Crippen molar-refractivity contribution in [1.82, 2.24) is 9.97 Å². The number of nitrogens with zero attached hydrogens (tertiary/aromatic N) is 2. The molecule has 2 N–H and O–H groups in total. The Morgan fingerprint density at radius 3 is 2.34 bits per heavy atom. The fourth-order valence-corrected chi connectivity index (χ4v) is 2.96. The van der Waals surface area contributed by atoms with E-state index in [4.69, 9.17) is 9.47 Å². The van der Waals surface area contributed by atoms with Gasteiger partial charge >= 0.3 is 0 Å². The zero-order valence-corrected chi connectivity index (χ0v) is 16.8. The van der Waals surface area contributed by atoms with Crippen LogP contribution in [0, 0.1) is 12.7 Å². The molecule has 0 atom stereocenters. The summed E-state index contributed by atoms with van der Waals surface area (Å²) in [5.74, 6) is 3.24. The third-order valence-corrected chi connectivity index (χ3v) is 4.42. The van der Waals surface area contributed by atoms with Crippen molar-refractivity contribution in [2.75, 3.05) is 31.4 Å². The van der Waals surface area contributed by atoms with Gasteiger partial charge in [-0.2, -0.15) is 0 Å². The molecule has 0 saturated heterocycles. The number of rotatable bonds is 9. The van der Waals surface area contributed by atoms with E-state index in [1.54, 1.807) is 26.4 Å². The molecular weight excluding hydrogens is 371 g/mol. The largest absolute Gasteiger partial charge is 0.493 e. The van der Waals surface area contributed by atoms with Crippen LogP contribution in [0.3, 0.4) is 0 Å². The molecule has 0 spiro atoms. The van der Waals surface area contributed by atoms with Crippen LogP contribution in [0.5, 0.6) is 11.5 Å². The Hall–Kier alpha value is -3.35. The maximum Gasteiger partial charge on any atom is 0.161 e. The lowest BCUT2D eigenvalue weighted by atomic mass is 10.1. The van der Waals surface area contributed by atoms with Crippen molar-refractivity contribution in [3.8, 4) is 11.5 Å². The predicted octanol–water partition coefficient (Wildman–Crippen LogP) is 4.21. The van der Waals surface area contributed by atoms with E-state index in [9.17, 15) is 4.39 Å². The summed E-state index contributed by atoms with van der Waals surface area (Å²) >= 11 is 0. The molecule has 7 heteroatoms. The Morgan fingerprint density at radius 2 is 1.62 bits per heavy atom. The van der Waals surface area contributed by atoms with Gasteiger partial charge in [-0.1, -0.05) is 24.3 Å². The van der Waals surface area contributed by atoms with Gasteiger partial charge < -0.3 is 20.1 Å². The highest BCUT2D eigenvalue weighted by molar-refractivity contribution is 5.49. The molecule has 0 saturated carbocycles. The van der Waals surface area contributed by atoms with E-state index in [2.05, 4.69) is 20.6 Å². The third kappa shape index (κ3) is 5.57. The predicted molar refractivity (Wildman–Crippen MR) is 112 cm³/mol. The number of ether oxygens (including phenoxy) is 2. The molecule has 0 aliphatic heterocycles. The lowest BCUT2D eigenvalue weighted by molar-refractivity contribution is 0.354. The molecule has 6 nitrogen and oxygen atoms in total. The van der Waals surface area contributed by atoms with Crippen molar-refractivity contribution in [3.63, 3.8) is 0 Å². The molecule has 0 amide bonds. The quantitative estimate of drug-likeness (QED) is 0.565. The van der Waals surface area contributed by atoms with Gasteiger partial charge in [0.2, 0.25) is 0 Å². The van der Waals surface area contributed by atoms with Crippen LogP contribution in [0.15, 0.2) is 48.5 Å². The zero-order valence-electron chi connectivity index (χ0n) is 16.8. The van der Waals surface area contributed by atoms with E-state index in [1.807, 2.05) is 37.3 Å². The van der Waals surface area contributed by atoms with Crippen molar-refractivity contribution < 1.29 is 13.9 Å². The molecule has 0 unspecified atom stereocenters. The molecular formula is C22H25FN4O2. The van der Waals surface area contributed by atoms with Gasteiger partial charge in [-0.25, -0.2) is 14.4 Å². The molecule has 0 aliphatic rings. The van der Waals surface area contributed by atoms with Crippen LogP contribution in [-0.2, 0) is 13.0 Å². The van der Waals surface area contributed by atoms with Gasteiger partial charge in [0.05, 0.1) is 14.2 Å². The van der Waals surface area contributed by atoms with Crippen LogP contribution < -0.4 is 20.1 Å². The Morgan fingerprint density at radius 1 is 0.897 bits per heavy atom. The summed E-state index contributed by atoms with van der Waals surface area (Å²) in [4.78, 5) is 8.83. The summed E-state index contributed by atoms with van der Waals surface area (Å²) in [6.45, 7) is 2.99. The van der Waals surface area contributed by atoms with E-state index >= 15 is 0 Å². The van der Waals surface area contributed by atoms with E-state index in [0.29, 0.717) is 54.0 Å². The average molecular weight is 396 g/mol. The minimum absolute atomic E-state index is 0.189. The highest BCUT2D eigenvalue weighted by Gasteiger charge is 2.07. The van der Waals surface area contributed by atoms with Crippen molar-refractivity contribution in [2.24, 2.45) is 0 Å². The van der Waals surface area contributed by atoms with Crippen molar-refractivity contribution >= 4 is 11.6 Å². The first kappa shape index (κ1) is 20.4. The lowest BCUT2D eigenvalue weighted by Crippen LogP contribution is -2.10. The summed E-state index contributed by atoms with van der Waals surface area (Å²) in [7, 11) is 3.22. The van der Waals surface area contributed by atoms with Crippen molar-refractivity contribution in [3.05, 3.63) is 71.3 Å². The molecule has 0 aliphatic carbocycles. The fourth-order valence-electron chi connectivity index (χ4n) is 2.96. The summed E-state index contributed by atoms with van der Waals surface area (Å²) in [5, 5.41) is 6.54. The summed E-state index contributed by atoms with van der Waals surface area (Å²) in [5.41, 5.74) is 1.71. The standard InChI is InChI=1S/C22H25FN4O2/c1-15-26-21(24-11-10-17-6-4-5-7-18(17)23)13-22(27-15)25-14-16-8-9-19(28-2)20(12-16)29-3/h4-9,12-13H,10-11,14H2,1-3H3,(H2,24,25,26,27). The summed E-state index contributed by atoms with van der Waals surface area (Å²) in [6, 6.07) is 14.4. The first-order valence-electron chi connectivity index (χ1n) is 9.37. The minimum Gasteiger partial charge on any atom is -0.493 e. The van der Waals surface area contributed by atoms with E-state index in [0.717, 1.165) is 5.56 Å². The van der Waals surface area contributed by atoms with E-state index in [-0.39, 0.29) is 5.82 Å². The van der Waals surface area contributed by atoms with Crippen LogP contribution in [0.25, 0.3) is 0 Å². The van der Waals surface area contributed by atoms with Gasteiger partial charge in [-0.05, 0) is 42.7 Å². The highest BCUT2D eigenvalue weighted by atomic mass is 19.1. The molecule has 1 heterocycles. The Balaban J connectivity index is 1.61. The van der Waals surface area contributed by atoms with E-state index < -0.39 is 0 Å². The van der Waals surface area contributed by atoms with Crippen LogP contribution in [0.4, 0.5) is 16.0 Å². The normalized spacial score (nSPS) is 10.5. The number of aromatic nitrogens is 2. The van der Waals surface area contributed by atoms with Crippen LogP contribution in [0.2, 0.25) is 0 Å². The number of methoxy groups -OCH3 is 2. The van der Waals surface area contributed by atoms with Gasteiger partial charge in [0.25, 0.3) is 0 Å². The monoisotopic (exact) mass is 396 g/mol. The number of benzene rings is 2. The zero-order chi connectivity index (χ0) is 20.6. The molecule has 29 heavy (non-hydrogen) atoms. The van der Waals surface area contributed by atoms with Crippen LogP contribution in [-0.4, -0.2) is 30.7 Å². The maximum absolute atomic E-state index is 13.7. The lowest BCUT2D eigenvalue weighted by Gasteiger charge is -2.12. The summed E-state index contributed by atoms with van der Waals surface area (Å²) in [6.07, 6.45) is 0.574. The number of halogens is 1. The third-order valence-electron chi connectivity index (χ3n) is 4.42. The van der Waals surface area contributed by atoms with E-state index in [1.165, 1.54) is 6.07 Å². The Kier molecular flexibility index (Phi) is 6.84. The molecule has 0 radical (unpaired) electrons. The maximum atomic E-state index is 13.7. The van der Waals surface area contributed by atoms with Gasteiger partial charge in [0, 0.05) is 19.2 Å². The van der Waals surface area contributed by atoms with Gasteiger partial charge in [0.15, 0.2) is 11.5 Å². The highest BCUT2D eigenvalue weighted by Crippen LogP contribution is 2.27. The van der Waals surface area contributed by atoms with Crippen LogP contribution in [0.1, 0.15) is 17.0 Å². The fraction of sp³-hybridized carbons (Fsp3) is 0.273. The van der Waals surface area contributed by atoms with Crippen LogP contribution >= 0.6 is 0 Å². The number of aryl methyl sites for hydroxylation is 1. The Bertz CT molecular complexity index is 965. The molecule has 0 bridgehead atoms. The summed E-state index contributed by atoms with van der Waals surface area (Å²) < 4.78 is 24.3. The Labute approximate surface area is 170 Å². The van der Waals surface area contributed by atoms with Crippen molar-refractivity contribution in [1.29, 1.82) is 0 Å². The number of nitrogens with one attached hydrogen (secondary N) is 2. The molecule has 152 valence electrons. The second-order valence-corrected chi connectivity index (χ2v) is 6.50. The molecule has 3 aromatic rings. The topological polar surface area (TPSA) is 68.3 Å². The van der Waals surface area contributed by atoms with Crippen molar-refractivity contribution in [2.45, 2.75) is 19.9 Å². The first-order valence-corrected chi connectivity index (χ1v) is 9.37. The number of hydrogen-bond donors (Lipinski definition) is 2. The smallest absolute Gasteiger partial charge is 0.161 e. The van der Waals surface area contributed by atoms with Gasteiger partial charge in [0.1, 0.15) is 23.3 Å². The number of anilines is 2. The first-order chi connectivity index (χ1) is 14.1. The molecule has 3 rings (SSSR count). The minimum atomic E-state index is -0.189. The molecule has 1 aromatic heterocycles. The second-order valence-electron chi connectivity index (χ2n) is 6.50. The van der Waals surface area contributed by atoms with Gasteiger partial charge in [-0.3, -0.25) is 0 Å². The van der Waals surface area contributed by atoms with Gasteiger partial charge in [-0.15, -0.1) is 0 Å².